The number of aryl methyl sites for hydroxylation is 1. The third kappa shape index (κ3) is 6.50. The zero-order valence-electron chi connectivity index (χ0n) is 21.2. The van der Waals surface area contributed by atoms with E-state index in [9.17, 15) is 13.2 Å². The summed E-state index contributed by atoms with van der Waals surface area (Å²) in [6.07, 6.45) is -3.71. The van der Waals surface area contributed by atoms with Gasteiger partial charge in [-0.2, -0.15) is 18.2 Å². The minimum absolute atomic E-state index is 0.0178. The molecule has 202 valence electrons. The molecule has 0 saturated carbocycles. The Hall–Kier alpha value is -4.09. The highest BCUT2D eigenvalue weighted by Crippen LogP contribution is 2.39. The summed E-state index contributed by atoms with van der Waals surface area (Å²) in [5.41, 5.74) is 8.47. The van der Waals surface area contributed by atoms with Gasteiger partial charge in [0.25, 0.3) is 0 Å². The summed E-state index contributed by atoms with van der Waals surface area (Å²) in [6, 6.07) is 17.3. The predicted molar refractivity (Wildman–Crippen MR) is 140 cm³/mol. The Kier molecular flexibility index (Phi) is 7.71. The van der Waals surface area contributed by atoms with E-state index in [0.717, 1.165) is 18.2 Å². The molecule has 3 aromatic heterocycles. The van der Waals surface area contributed by atoms with Gasteiger partial charge in [0, 0.05) is 17.9 Å². The molecule has 4 aromatic rings. The van der Waals surface area contributed by atoms with Gasteiger partial charge >= 0.3 is 6.18 Å². The number of hydrogen-bond acceptors (Lipinski definition) is 8. The lowest BCUT2D eigenvalue weighted by Crippen LogP contribution is -2.13. The van der Waals surface area contributed by atoms with E-state index in [-0.39, 0.29) is 35.7 Å². The normalized spacial score (nSPS) is 15.4. The highest BCUT2D eigenvalue weighted by atomic mass is 19.4. The van der Waals surface area contributed by atoms with Crippen LogP contribution in [-0.4, -0.2) is 39.3 Å². The molecule has 4 heterocycles. The summed E-state index contributed by atoms with van der Waals surface area (Å²) in [7, 11) is 0. The number of nitrogens with zero attached hydrogens (tertiary/aromatic N) is 4. The van der Waals surface area contributed by atoms with E-state index < -0.39 is 11.9 Å². The van der Waals surface area contributed by atoms with Crippen molar-refractivity contribution in [2.45, 2.75) is 38.8 Å². The Bertz CT molecular complexity index is 1440. The molecule has 0 amide bonds. The first-order valence-corrected chi connectivity index (χ1v) is 12.4. The first-order chi connectivity index (χ1) is 18.8. The highest BCUT2D eigenvalue weighted by molar-refractivity contribution is 5.89. The van der Waals surface area contributed by atoms with E-state index in [2.05, 4.69) is 25.3 Å². The molecule has 8 nitrogen and oxygen atoms in total. The number of rotatable bonds is 8. The maximum atomic E-state index is 13.7. The van der Waals surface area contributed by atoms with Gasteiger partial charge in [-0.25, -0.2) is 9.97 Å². The smallest absolute Gasteiger partial charge is 0.379 e. The number of pyridine rings is 2. The summed E-state index contributed by atoms with van der Waals surface area (Å²) in [5.74, 6) is 0.266. The Morgan fingerprint density at radius 1 is 0.974 bits per heavy atom. The van der Waals surface area contributed by atoms with Crippen molar-refractivity contribution in [1.29, 1.82) is 0 Å². The maximum Gasteiger partial charge on any atom is 0.433 e. The van der Waals surface area contributed by atoms with Crippen LogP contribution >= 0.6 is 0 Å². The number of alkyl halides is 3. The van der Waals surface area contributed by atoms with Crippen molar-refractivity contribution in [3.8, 4) is 22.4 Å². The molecular weight excluding hydrogens is 509 g/mol. The molecule has 1 saturated heterocycles. The number of benzene rings is 1. The molecule has 1 aliphatic rings. The van der Waals surface area contributed by atoms with Gasteiger partial charge in [0.1, 0.15) is 11.5 Å². The van der Waals surface area contributed by atoms with Crippen LogP contribution < -0.4 is 11.1 Å². The second kappa shape index (κ2) is 11.3. The van der Waals surface area contributed by atoms with Gasteiger partial charge in [-0.15, -0.1) is 0 Å². The van der Waals surface area contributed by atoms with Crippen LogP contribution in [-0.2, 0) is 28.8 Å². The number of ether oxygens (including phenoxy) is 2. The van der Waals surface area contributed by atoms with Crippen molar-refractivity contribution in [1.82, 2.24) is 19.9 Å². The molecule has 0 spiro atoms. The third-order valence-electron chi connectivity index (χ3n) is 6.16. The number of aromatic nitrogens is 4. The molecule has 1 aliphatic heterocycles. The van der Waals surface area contributed by atoms with E-state index in [0.29, 0.717) is 42.3 Å². The quantitative estimate of drug-likeness (QED) is 0.307. The lowest BCUT2D eigenvalue weighted by Gasteiger charge is -2.18. The number of anilines is 2. The summed E-state index contributed by atoms with van der Waals surface area (Å²) >= 11 is 0. The SMILES string of the molecule is Cc1cc(-c2c(NCc3cccc(CO[C@H]4CCOC4)n3)nc(N)nc2-c2ccccc2)cc(C(F)(F)F)n1. The molecule has 11 heteroatoms. The van der Waals surface area contributed by atoms with E-state index in [4.69, 9.17) is 15.2 Å². The average Bonchev–Trinajstić information content (AvgIpc) is 3.44. The van der Waals surface area contributed by atoms with Gasteiger partial charge < -0.3 is 20.5 Å². The minimum Gasteiger partial charge on any atom is -0.379 e. The van der Waals surface area contributed by atoms with Crippen LogP contribution in [0.4, 0.5) is 24.9 Å². The van der Waals surface area contributed by atoms with Crippen molar-refractivity contribution >= 4 is 11.8 Å². The van der Waals surface area contributed by atoms with Crippen molar-refractivity contribution in [2.75, 3.05) is 24.3 Å². The average molecular weight is 537 g/mol. The number of hydrogen-bond donors (Lipinski definition) is 2. The fourth-order valence-electron chi connectivity index (χ4n) is 4.37. The number of nitrogens with two attached hydrogens (primary N) is 1. The lowest BCUT2D eigenvalue weighted by atomic mass is 9.98. The van der Waals surface area contributed by atoms with E-state index >= 15 is 0 Å². The van der Waals surface area contributed by atoms with E-state index in [1.165, 1.54) is 6.92 Å². The molecule has 0 unspecified atom stereocenters. The van der Waals surface area contributed by atoms with Crippen LogP contribution in [0.25, 0.3) is 22.4 Å². The van der Waals surface area contributed by atoms with Crippen molar-refractivity contribution in [2.24, 2.45) is 0 Å². The second-order valence-corrected chi connectivity index (χ2v) is 9.17. The largest absolute Gasteiger partial charge is 0.433 e. The molecule has 0 aliphatic carbocycles. The van der Waals surface area contributed by atoms with Crippen LogP contribution in [0.2, 0.25) is 0 Å². The maximum absolute atomic E-state index is 13.7. The topological polar surface area (TPSA) is 108 Å². The minimum atomic E-state index is -4.62. The Labute approximate surface area is 223 Å². The zero-order chi connectivity index (χ0) is 27.4. The van der Waals surface area contributed by atoms with Gasteiger partial charge in [0.05, 0.1) is 48.5 Å². The summed E-state index contributed by atoms with van der Waals surface area (Å²) in [5, 5.41) is 3.23. The van der Waals surface area contributed by atoms with Gasteiger partial charge in [-0.05, 0) is 43.2 Å². The molecule has 39 heavy (non-hydrogen) atoms. The van der Waals surface area contributed by atoms with Crippen LogP contribution in [0, 0.1) is 6.92 Å². The molecule has 3 N–H and O–H groups in total. The molecular formula is C28H27F3N6O2. The Morgan fingerprint density at radius 3 is 2.51 bits per heavy atom. The van der Waals surface area contributed by atoms with E-state index in [1.807, 2.05) is 48.5 Å². The van der Waals surface area contributed by atoms with E-state index in [1.54, 1.807) is 6.07 Å². The number of nitrogen functional groups attached to an aromatic ring is 1. The van der Waals surface area contributed by atoms with Gasteiger partial charge in [0.15, 0.2) is 0 Å². The highest BCUT2D eigenvalue weighted by Gasteiger charge is 2.33. The van der Waals surface area contributed by atoms with Crippen LogP contribution in [0.3, 0.4) is 0 Å². The van der Waals surface area contributed by atoms with Crippen molar-refractivity contribution in [3.63, 3.8) is 0 Å². The zero-order valence-corrected chi connectivity index (χ0v) is 21.2. The fraction of sp³-hybridized carbons (Fsp3) is 0.286. The monoisotopic (exact) mass is 536 g/mol. The molecule has 0 bridgehead atoms. The van der Waals surface area contributed by atoms with Crippen molar-refractivity contribution in [3.05, 3.63) is 83.4 Å². The Balaban J connectivity index is 1.50. The summed E-state index contributed by atoms with van der Waals surface area (Å²) < 4.78 is 52.2. The third-order valence-corrected chi connectivity index (χ3v) is 6.16. The first kappa shape index (κ1) is 26.5. The van der Waals surface area contributed by atoms with Crippen molar-refractivity contribution < 1.29 is 22.6 Å². The molecule has 1 atom stereocenters. The number of halogens is 3. The van der Waals surface area contributed by atoms with Crippen LogP contribution in [0.15, 0.2) is 60.7 Å². The number of nitrogens with one attached hydrogen (secondary N) is 1. The summed E-state index contributed by atoms with van der Waals surface area (Å²) in [4.78, 5) is 17.1. The van der Waals surface area contributed by atoms with Crippen LogP contribution in [0.1, 0.15) is 29.2 Å². The summed E-state index contributed by atoms with van der Waals surface area (Å²) in [6.45, 7) is 3.38. The van der Waals surface area contributed by atoms with Gasteiger partial charge in [-0.1, -0.05) is 36.4 Å². The standard InChI is InChI=1S/C28H27F3N6O2/c1-17-12-19(13-23(34-17)28(29,30)31)24-25(18-6-3-2-4-7-18)36-27(32)37-26(24)33-14-20-8-5-9-21(35-20)15-39-22-10-11-38-16-22/h2-9,12-13,22H,10-11,14-16H2,1H3,(H3,32,33,36,37)/t22-/m0/s1. The fourth-order valence-corrected chi connectivity index (χ4v) is 4.37. The first-order valence-electron chi connectivity index (χ1n) is 12.4. The molecule has 1 aromatic carbocycles. The lowest BCUT2D eigenvalue weighted by molar-refractivity contribution is -0.141. The van der Waals surface area contributed by atoms with Gasteiger partial charge in [-0.3, -0.25) is 4.98 Å². The van der Waals surface area contributed by atoms with Crippen LogP contribution in [0.5, 0.6) is 0 Å². The van der Waals surface area contributed by atoms with Gasteiger partial charge in [0.2, 0.25) is 5.95 Å². The Morgan fingerprint density at radius 2 is 1.77 bits per heavy atom. The molecule has 5 rings (SSSR count). The predicted octanol–water partition coefficient (Wildman–Crippen LogP) is 5.43. The molecule has 1 fully saturated rings. The second-order valence-electron chi connectivity index (χ2n) is 9.17. The molecule has 0 radical (unpaired) electrons.